The molecule has 4 heteroatoms. The lowest BCUT2D eigenvalue weighted by atomic mass is 10.1. The van der Waals surface area contributed by atoms with Gasteiger partial charge in [-0.05, 0) is 48.7 Å². The van der Waals surface area contributed by atoms with E-state index in [1.165, 1.54) is 0 Å². The molecule has 2 aromatic rings. The van der Waals surface area contributed by atoms with Gasteiger partial charge < -0.3 is 10.1 Å². The molecule has 0 heterocycles. The molecule has 0 radical (unpaired) electrons. The van der Waals surface area contributed by atoms with Crippen molar-refractivity contribution >= 4 is 17.7 Å². The first-order valence-electron chi connectivity index (χ1n) is 7.88. The van der Waals surface area contributed by atoms with Gasteiger partial charge >= 0.3 is 0 Å². The van der Waals surface area contributed by atoms with Crippen molar-refractivity contribution in [1.29, 1.82) is 5.26 Å². The van der Waals surface area contributed by atoms with Gasteiger partial charge in [0.25, 0.3) is 5.91 Å². The number of hydrogen-bond acceptors (Lipinski definition) is 3. The predicted octanol–water partition coefficient (Wildman–Crippen LogP) is 4.41. The van der Waals surface area contributed by atoms with E-state index in [0.717, 1.165) is 22.4 Å². The van der Waals surface area contributed by atoms with Crippen LogP contribution in [0.5, 0.6) is 5.75 Å². The van der Waals surface area contributed by atoms with Gasteiger partial charge in [0.05, 0.1) is 0 Å². The molecule has 0 saturated heterocycles. The number of hydrogen-bond donors (Lipinski definition) is 1. The van der Waals surface area contributed by atoms with Crippen LogP contribution in [0.2, 0.25) is 0 Å². The minimum atomic E-state index is -0.424. The average Bonchev–Trinajstić information content (AvgIpc) is 2.62. The Morgan fingerprint density at radius 3 is 2.40 bits per heavy atom. The maximum atomic E-state index is 12.4. The fourth-order valence-corrected chi connectivity index (χ4v) is 2.32. The molecular weight excluding hydrogens is 312 g/mol. The minimum Gasteiger partial charge on any atom is -0.490 e. The van der Waals surface area contributed by atoms with E-state index < -0.39 is 5.91 Å². The Labute approximate surface area is 148 Å². The van der Waals surface area contributed by atoms with Crippen LogP contribution >= 0.6 is 0 Å². The van der Waals surface area contributed by atoms with E-state index in [2.05, 4.69) is 11.9 Å². The number of para-hydroxylation sites is 1. The molecule has 2 rings (SSSR count). The number of aryl methyl sites for hydroxylation is 2. The molecule has 25 heavy (non-hydrogen) atoms. The van der Waals surface area contributed by atoms with Gasteiger partial charge in [0.1, 0.15) is 24.0 Å². The largest absolute Gasteiger partial charge is 0.490 e. The van der Waals surface area contributed by atoms with Gasteiger partial charge in [-0.1, -0.05) is 43.0 Å². The smallest absolute Gasteiger partial charge is 0.266 e. The van der Waals surface area contributed by atoms with Crippen LogP contribution in [0.25, 0.3) is 6.08 Å². The Hall–Kier alpha value is -3.32. The van der Waals surface area contributed by atoms with Gasteiger partial charge in [-0.15, -0.1) is 0 Å². The van der Waals surface area contributed by atoms with Gasteiger partial charge in [-0.25, -0.2) is 0 Å². The lowest BCUT2D eigenvalue weighted by Gasteiger charge is -2.11. The summed E-state index contributed by atoms with van der Waals surface area (Å²) >= 11 is 0. The topological polar surface area (TPSA) is 62.1 Å². The normalized spacial score (nSPS) is 10.7. The van der Waals surface area contributed by atoms with Crippen LogP contribution in [0.4, 0.5) is 5.69 Å². The van der Waals surface area contributed by atoms with Crippen LogP contribution in [-0.2, 0) is 4.79 Å². The van der Waals surface area contributed by atoms with Gasteiger partial charge in [0, 0.05) is 5.69 Å². The number of nitriles is 1. The molecule has 0 spiro atoms. The van der Waals surface area contributed by atoms with Crippen LogP contribution in [0.1, 0.15) is 16.7 Å². The van der Waals surface area contributed by atoms with Crippen molar-refractivity contribution in [3.63, 3.8) is 0 Å². The first-order chi connectivity index (χ1) is 12.0. The number of carbonyl (C=O) groups is 1. The second-order valence-corrected chi connectivity index (χ2v) is 5.56. The van der Waals surface area contributed by atoms with E-state index in [-0.39, 0.29) is 5.57 Å². The van der Waals surface area contributed by atoms with Gasteiger partial charge in [-0.3, -0.25) is 4.79 Å². The van der Waals surface area contributed by atoms with E-state index in [4.69, 9.17) is 4.74 Å². The highest BCUT2D eigenvalue weighted by atomic mass is 16.5. The molecule has 4 nitrogen and oxygen atoms in total. The summed E-state index contributed by atoms with van der Waals surface area (Å²) in [6.07, 6.45) is 3.22. The third kappa shape index (κ3) is 4.82. The Morgan fingerprint density at radius 2 is 1.84 bits per heavy atom. The van der Waals surface area contributed by atoms with Crippen molar-refractivity contribution in [1.82, 2.24) is 0 Å². The number of rotatable bonds is 6. The van der Waals surface area contributed by atoms with E-state index in [1.54, 1.807) is 36.4 Å². The Kier molecular flexibility index (Phi) is 6.14. The molecule has 2 aromatic carbocycles. The quantitative estimate of drug-likeness (QED) is 0.484. The zero-order chi connectivity index (χ0) is 18.2. The van der Waals surface area contributed by atoms with Gasteiger partial charge in [-0.2, -0.15) is 5.26 Å². The molecule has 0 aromatic heterocycles. The second kappa shape index (κ2) is 8.51. The molecular formula is C21H20N2O2. The molecule has 0 unspecified atom stereocenters. The minimum absolute atomic E-state index is 0.0439. The molecule has 0 bridgehead atoms. The lowest BCUT2D eigenvalue weighted by molar-refractivity contribution is -0.112. The third-order valence-corrected chi connectivity index (χ3v) is 3.64. The Balaban J connectivity index is 2.18. The highest BCUT2D eigenvalue weighted by Crippen LogP contribution is 2.21. The summed E-state index contributed by atoms with van der Waals surface area (Å²) in [7, 11) is 0. The average molecular weight is 332 g/mol. The van der Waals surface area contributed by atoms with Crippen LogP contribution in [-0.4, -0.2) is 12.5 Å². The van der Waals surface area contributed by atoms with Crippen molar-refractivity contribution < 1.29 is 9.53 Å². The molecule has 0 atom stereocenters. The summed E-state index contributed by atoms with van der Waals surface area (Å²) in [5.41, 5.74) is 3.44. The van der Waals surface area contributed by atoms with Crippen LogP contribution < -0.4 is 10.1 Å². The van der Waals surface area contributed by atoms with Crippen molar-refractivity contribution in [3.8, 4) is 11.8 Å². The summed E-state index contributed by atoms with van der Waals surface area (Å²) in [4.78, 5) is 12.4. The molecule has 1 amide bonds. The number of nitrogens with zero attached hydrogens (tertiary/aromatic N) is 1. The van der Waals surface area contributed by atoms with Gasteiger partial charge in [0.2, 0.25) is 0 Å². The van der Waals surface area contributed by atoms with Gasteiger partial charge in [0.15, 0.2) is 0 Å². The van der Waals surface area contributed by atoms with Crippen LogP contribution in [0.3, 0.4) is 0 Å². The molecule has 0 aliphatic rings. The fraction of sp³-hybridized carbons (Fsp3) is 0.143. The highest BCUT2D eigenvalue weighted by molar-refractivity contribution is 6.10. The summed E-state index contributed by atoms with van der Waals surface area (Å²) in [5, 5.41) is 12.2. The maximum absolute atomic E-state index is 12.4. The SMILES string of the molecule is C=CCOc1ccc(/C=C(\C#N)C(=O)Nc2c(C)cccc2C)cc1. The third-order valence-electron chi connectivity index (χ3n) is 3.64. The number of carbonyl (C=O) groups excluding carboxylic acids is 1. The zero-order valence-electron chi connectivity index (χ0n) is 14.4. The summed E-state index contributed by atoms with van der Waals surface area (Å²) in [6.45, 7) is 7.86. The molecule has 1 N–H and O–H groups in total. The summed E-state index contributed by atoms with van der Waals surface area (Å²) < 4.78 is 5.41. The molecule has 0 aliphatic heterocycles. The molecule has 0 fully saturated rings. The first-order valence-corrected chi connectivity index (χ1v) is 7.88. The predicted molar refractivity (Wildman–Crippen MR) is 100 cm³/mol. The van der Waals surface area contributed by atoms with Crippen molar-refractivity contribution in [2.75, 3.05) is 11.9 Å². The highest BCUT2D eigenvalue weighted by Gasteiger charge is 2.12. The number of ether oxygens (including phenoxy) is 1. The second-order valence-electron chi connectivity index (χ2n) is 5.56. The number of amides is 1. The zero-order valence-corrected chi connectivity index (χ0v) is 14.4. The Morgan fingerprint density at radius 1 is 1.20 bits per heavy atom. The number of anilines is 1. The lowest BCUT2D eigenvalue weighted by Crippen LogP contribution is -2.15. The van der Waals surface area contributed by atoms with E-state index in [9.17, 15) is 10.1 Å². The molecule has 0 aliphatic carbocycles. The van der Waals surface area contributed by atoms with E-state index in [1.807, 2.05) is 38.1 Å². The first kappa shape index (κ1) is 18.0. The summed E-state index contributed by atoms with van der Waals surface area (Å²) in [5.74, 6) is 0.280. The Bertz CT molecular complexity index is 823. The fourth-order valence-electron chi connectivity index (χ4n) is 2.32. The summed E-state index contributed by atoms with van der Waals surface area (Å²) in [6, 6.07) is 14.9. The van der Waals surface area contributed by atoms with Crippen molar-refractivity contribution in [2.45, 2.75) is 13.8 Å². The van der Waals surface area contributed by atoms with E-state index in [0.29, 0.717) is 12.4 Å². The standard InChI is InChI=1S/C21H20N2O2/c1-4-12-25-19-10-8-17(9-11-19)13-18(14-22)21(24)23-20-15(2)6-5-7-16(20)3/h4-11,13H,1,12H2,2-3H3,(H,23,24)/b18-13+. The molecule has 126 valence electrons. The van der Waals surface area contributed by atoms with Crippen LogP contribution in [0.15, 0.2) is 60.7 Å². The van der Waals surface area contributed by atoms with E-state index >= 15 is 0 Å². The maximum Gasteiger partial charge on any atom is 0.266 e. The number of benzene rings is 2. The van der Waals surface area contributed by atoms with Crippen LogP contribution in [0, 0.1) is 25.2 Å². The molecule has 0 saturated carbocycles. The van der Waals surface area contributed by atoms with Crippen molar-refractivity contribution in [3.05, 3.63) is 77.4 Å². The monoisotopic (exact) mass is 332 g/mol. The number of nitrogens with one attached hydrogen (secondary N) is 1. The van der Waals surface area contributed by atoms with Crippen molar-refractivity contribution in [2.24, 2.45) is 0 Å².